The van der Waals surface area contributed by atoms with Crippen LogP contribution in [0.1, 0.15) is 74.7 Å². The van der Waals surface area contributed by atoms with Crippen LogP contribution in [0.2, 0.25) is 18.1 Å². The molecule has 29 heavy (non-hydrogen) atoms. The fraction of sp³-hybridized carbons (Fsp3) is 0.955. The molecule has 0 aromatic heterocycles. The first-order valence-electron chi connectivity index (χ1n) is 10.9. The monoisotopic (exact) mass is 431 g/mol. The average Bonchev–Trinajstić information content (AvgIpc) is 2.81. The maximum atomic E-state index is 12.9. The summed E-state index contributed by atoms with van der Waals surface area (Å²) in [5.74, 6) is 0.253. The molecule has 1 fully saturated rings. The number of carbonyl (C=O) groups is 1. The van der Waals surface area contributed by atoms with Gasteiger partial charge in [0.2, 0.25) is 0 Å². The summed E-state index contributed by atoms with van der Waals surface area (Å²) in [7, 11) is -1.86. The Hall–Kier alpha value is -0.633. The average molecular weight is 432 g/mol. The number of rotatable bonds is 8. The molecule has 2 atom stereocenters. The van der Waals surface area contributed by atoms with Crippen molar-refractivity contribution in [1.29, 1.82) is 0 Å². The number of aliphatic hydroxyl groups is 1. The molecule has 1 saturated heterocycles. The smallest absolute Gasteiger partial charge is 0.412 e. The van der Waals surface area contributed by atoms with E-state index < -0.39 is 19.6 Å². The third-order valence-corrected chi connectivity index (χ3v) is 10.5. The molecule has 0 radical (unpaired) electrons. The Kier molecular flexibility index (Phi) is 8.80. The number of carbonyl (C=O) groups excluding carboxylic acids is 1. The highest BCUT2D eigenvalue weighted by Gasteiger charge is 2.46. The van der Waals surface area contributed by atoms with Crippen molar-refractivity contribution in [1.82, 2.24) is 4.90 Å². The largest absolute Gasteiger partial charge is 0.444 e. The van der Waals surface area contributed by atoms with E-state index in [-0.39, 0.29) is 29.7 Å². The van der Waals surface area contributed by atoms with Crippen LogP contribution < -0.4 is 0 Å². The summed E-state index contributed by atoms with van der Waals surface area (Å²) in [5, 5.41) is 9.49. The maximum Gasteiger partial charge on any atom is 0.412 e. The van der Waals surface area contributed by atoms with Gasteiger partial charge in [-0.25, -0.2) is 4.79 Å². The number of hydrogen-bond donors (Lipinski definition) is 1. The lowest BCUT2D eigenvalue weighted by Crippen LogP contribution is -2.50. The topological polar surface area (TPSA) is 68.2 Å². The summed E-state index contributed by atoms with van der Waals surface area (Å²) in [6.45, 7) is 22.0. The van der Waals surface area contributed by atoms with Crippen molar-refractivity contribution in [3.8, 4) is 0 Å². The zero-order chi connectivity index (χ0) is 22.7. The summed E-state index contributed by atoms with van der Waals surface area (Å²) in [5.41, 5.74) is -1.25. The molecule has 172 valence electrons. The van der Waals surface area contributed by atoms with Crippen molar-refractivity contribution in [3.63, 3.8) is 0 Å². The van der Waals surface area contributed by atoms with Crippen molar-refractivity contribution in [2.75, 3.05) is 19.8 Å². The number of ether oxygens (including phenoxy) is 2. The van der Waals surface area contributed by atoms with Gasteiger partial charge >= 0.3 is 6.09 Å². The summed E-state index contributed by atoms with van der Waals surface area (Å²) >= 11 is 0. The number of nitrogens with zero attached hydrogens (tertiary/aromatic N) is 1. The van der Waals surface area contributed by atoms with E-state index in [1.54, 1.807) is 4.90 Å². The van der Waals surface area contributed by atoms with Crippen molar-refractivity contribution in [2.24, 2.45) is 5.92 Å². The molecule has 0 saturated carbocycles. The molecule has 0 unspecified atom stereocenters. The molecule has 1 heterocycles. The normalized spacial score (nSPS) is 21.3. The van der Waals surface area contributed by atoms with Crippen LogP contribution in [-0.2, 0) is 13.9 Å². The van der Waals surface area contributed by atoms with Crippen LogP contribution in [0.3, 0.4) is 0 Å². The van der Waals surface area contributed by atoms with Gasteiger partial charge in [-0.05, 0) is 77.9 Å². The molecule has 6 nitrogen and oxygen atoms in total. The second-order valence-corrected chi connectivity index (χ2v) is 16.1. The molecular formula is C22H45NO5Si. The lowest BCUT2D eigenvalue weighted by atomic mass is 9.95. The minimum atomic E-state index is -1.86. The van der Waals surface area contributed by atoms with Gasteiger partial charge in [0.25, 0.3) is 0 Å². The number of amides is 1. The fourth-order valence-electron chi connectivity index (χ4n) is 3.31. The van der Waals surface area contributed by atoms with E-state index in [2.05, 4.69) is 33.9 Å². The van der Waals surface area contributed by atoms with E-state index in [1.807, 2.05) is 34.6 Å². The molecule has 1 N–H and O–H groups in total. The molecule has 1 rings (SSSR count). The van der Waals surface area contributed by atoms with Gasteiger partial charge < -0.3 is 19.0 Å². The van der Waals surface area contributed by atoms with E-state index in [0.717, 1.165) is 19.3 Å². The minimum absolute atomic E-state index is 0.0634. The second-order valence-electron chi connectivity index (χ2n) is 11.3. The van der Waals surface area contributed by atoms with Gasteiger partial charge in [-0.2, -0.15) is 0 Å². The van der Waals surface area contributed by atoms with E-state index in [1.165, 1.54) is 0 Å². The van der Waals surface area contributed by atoms with Crippen LogP contribution in [0.25, 0.3) is 0 Å². The maximum absolute atomic E-state index is 12.9. The third-order valence-electron chi connectivity index (χ3n) is 6.03. The van der Waals surface area contributed by atoms with Gasteiger partial charge in [0.1, 0.15) is 11.3 Å². The first-order valence-corrected chi connectivity index (χ1v) is 13.8. The predicted octanol–water partition coefficient (Wildman–Crippen LogP) is 5.16. The molecule has 1 amide bonds. The predicted molar refractivity (Wildman–Crippen MR) is 119 cm³/mol. The molecule has 7 heteroatoms. The molecule has 0 aromatic rings. The summed E-state index contributed by atoms with van der Waals surface area (Å²) < 4.78 is 18.1. The van der Waals surface area contributed by atoms with Gasteiger partial charge in [0, 0.05) is 13.2 Å². The van der Waals surface area contributed by atoms with Crippen LogP contribution in [0.4, 0.5) is 4.79 Å². The summed E-state index contributed by atoms with van der Waals surface area (Å²) in [6, 6.07) is -0.0634. The van der Waals surface area contributed by atoms with Crippen LogP contribution in [0.15, 0.2) is 0 Å². The summed E-state index contributed by atoms with van der Waals surface area (Å²) in [6.07, 6.45) is 2.03. The molecule has 1 aliphatic heterocycles. The molecule has 0 aromatic carbocycles. The highest BCUT2D eigenvalue weighted by Crippen LogP contribution is 2.38. The third kappa shape index (κ3) is 7.85. The van der Waals surface area contributed by atoms with Gasteiger partial charge in [-0.3, -0.25) is 4.90 Å². The van der Waals surface area contributed by atoms with E-state index in [0.29, 0.717) is 13.2 Å². The quantitative estimate of drug-likeness (QED) is 0.538. The van der Waals surface area contributed by atoms with E-state index in [4.69, 9.17) is 13.9 Å². The Morgan fingerprint density at radius 1 is 1.24 bits per heavy atom. The zero-order valence-corrected chi connectivity index (χ0v) is 21.4. The Morgan fingerprint density at radius 3 is 2.31 bits per heavy atom. The fourth-order valence-corrected chi connectivity index (χ4v) is 4.40. The van der Waals surface area contributed by atoms with E-state index in [9.17, 15) is 9.90 Å². The van der Waals surface area contributed by atoms with Gasteiger partial charge in [-0.15, -0.1) is 0 Å². The van der Waals surface area contributed by atoms with E-state index >= 15 is 0 Å². The second kappa shape index (κ2) is 9.67. The minimum Gasteiger partial charge on any atom is -0.444 e. The van der Waals surface area contributed by atoms with Gasteiger partial charge in [0.15, 0.2) is 8.32 Å². The van der Waals surface area contributed by atoms with Crippen LogP contribution in [0.5, 0.6) is 0 Å². The van der Waals surface area contributed by atoms with Gasteiger partial charge in [0.05, 0.1) is 12.6 Å². The Balaban J connectivity index is 2.91. The Labute approximate surface area is 179 Å². The van der Waals surface area contributed by atoms with Crippen LogP contribution >= 0.6 is 0 Å². The SMILES string of the molecule is CC(C)(C)OC(=O)N1[C@H](C[C@@H](CCCO)CO[Si](C)(C)C(C)(C)C)COC1(C)C. The lowest BCUT2D eigenvalue weighted by Gasteiger charge is -2.38. The molecular weight excluding hydrogens is 386 g/mol. The molecule has 1 aliphatic rings. The number of aliphatic hydroxyl groups excluding tert-OH is 1. The molecule has 0 aliphatic carbocycles. The summed E-state index contributed by atoms with van der Waals surface area (Å²) in [4.78, 5) is 14.6. The number of hydrogen-bond acceptors (Lipinski definition) is 5. The molecule has 0 bridgehead atoms. The van der Waals surface area contributed by atoms with Crippen molar-refractivity contribution in [2.45, 2.75) is 110 Å². The van der Waals surface area contributed by atoms with Crippen LogP contribution in [0, 0.1) is 5.92 Å². The highest BCUT2D eigenvalue weighted by atomic mass is 28.4. The highest BCUT2D eigenvalue weighted by molar-refractivity contribution is 6.74. The molecule has 0 spiro atoms. The standard InChI is InChI=1S/C22H45NO5Si/c1-20(2,3)28-19(25)23-18(16-26-22(23,7)8)14-17(12-11-13-24)15-27-29(9,10)21(4,5)6/h17-18,24H,11-16H2,1-10H3/t17-,18-/m1/s1. The first kappa shape index (κ1) is 26.4. The van der Waals surface area contributed by atoms with Crippen LogP contribution in [-0.4, -0.2) is 61.6 Å². The van der Waals surface area contributed by atoms with Crippen molar-refractivity contribution in [3.05, 3.63) is 0 Å². The lowest BCUT2D eigenvalue weighted by molar-refractivity contribution is -0.0633. The zero-order valence-electron chi connectivity index (χ0n) is 20.4. The Morgan fingerprint density at radius 2 is 1.83 bits per heavy atom. The van der Waals surface area contributed by atoms with Crippen molar-refractivity contribution >= 4 is 14.4 Å². The van der Waals surface area contributed by atoms with Crippen molar-refractivity contribution < 1.29 is 23.8 Å². The van der Waals surface area contributed by atoms with Gasteiger partial charge in [-0.1, -0.05) is 20.8 Å². The Bertz CT molecular complexity index is 536. The first-order chi connectivity index (χ1) is 13.0.